The molecule has 2 rings (SSSR count). The second-order valence-corrected chi connectivity index (χ2v) is 7.01. The largest absolute Gasteiger partial charge is 0.497 e. The fourth-order valence-corrected chi connectivity index (χ4v) is 3.21. The van der Waals surface area contributed by atoms with Crippen LogP contribution < -0.4 is 4.74 Å². The van der Waals surface area contributed by atoms with Gasteiger partial charge in [-0.3, -0.25) is 4.79 Å². The van der Waals surface area contributed by atoms with Gasteiger partial charge in [0, 0.05) is 11.5 Å². The van der Waals surface area contributed by atoms with Crippen molar-refractivity contribution in [2.24, 2.45) is 17.3 Å². The first-order chi connectivity index (χ1) is 9.41. The van der Waals surface area contributed by atoms with Crippen LogP contribution in [0.25, 0.3) is 0 Å². The summed E-state index contributed by atoms with van der Waals surface area (Å²) in [6.45, 7) is 6.93. The Morgan fingerprint density at radius 2 is 1.60 bits per heavy atom. The first kappa shape index (κ1) is 15.1. The Balaban J connectivity index is 1.97. The van der Waals surface area contributed by atoms with Gasteiger partial charge in [0.15, 0.2) is 5.78 Å². The third-order valence-electron chi connectivity index (χ3n) is 4.70. The van der Waals surface area contributed by atoms with Crippen LogP contribution in [0.3, 0.4) is 0 Å². The molecule has 0 saturated heterocycles. The van der Waals surface area contributed by atoms with Crippen molar-refractivity contribution < 1.29 is 9.53 Å². The maximum Gasteiger partial charge on any atom is 0.165 e. The Kier molecular flexibility index (Phi) is 4.52. The minimum absolute atomic E-state index is 0.210. The van der Waals surface area contributed by atoms with E-state index >= 15 is 0 Å². The number of methoxy groups -OCH3 is 1. The molecule has 2 nitrogen and oxygen atoms in total. The fraction of sp³-hybridized carbons (Fsp3) is 0.611. The minimum atomic E-state index is 0.210. The van der Waals surface area contributed by atoms with E-state index in [9.17, 15) is 4.79 Å². The predicted molar refractivity (Wildman–Crippen MR) is 82.2 cm³/mol. The van der Waals surface area contributed by atoms with Crippen LogP contribution in [0.2, 0.25) is 0 Å². The standard InChI is InChI=1S/C18H26O2/c1-18(2,3)15-9-5-13(6-10-15)17(19)14-7-11-16(20-4)12-8-14/h7-8,11-13,15H,5-6,9-10H2,1-4H3. The molecule has 0 bridgehead atoms. The molecule has 20 heavy (non-hydrogen) atoms. The van der Waals surface area contributed by atoms with Crippen LogP contribution in [0.15, 0.2) is 24.3 Å². The quantitative estimate of drug-likeness (QED) is 0.745. The highest BCUT2D eigenvalue weighted by Gasteiger charge is 2.32. The first-order valence-electron chi connectivity index (χ1n) is 7.60. The number of carbonyl (C=O) groups excluding carboxylic acids is 1. The number of ketones is 1. The second-order valence-electron chi connectivity index (χ2n) is 7.01. The van der Waals surface area contributed by atoms with Crippen LogP contribution in [-0.2, 0) is 0 Å². The number of carbonyl (C=O) groups is 1. The molecule has 0 heterocycles. The van der Waals surface area contributed by atoms with Gasteiger partial charge in [0.25, 0.3) is 0 Å². The molecule has 1 fully saturated rings. The molecule has 0 spiro atoms. The molecular formula is C18H26O2. The lowest BCUT2D eigenvalue weighted by Gasteiger charge is -2.36. The maximum atomic E-state index is 12.5. The van der Waals surface area contributed by atoms with E-state index in [1.54, 1.807) is 7.11 Å². The molecule has 1 aliphatic rings. The highest BCUT2D eigenvalue weighted by atomic mass is 16.5. The van der Waals surface area contributed by atoms with Crippen molar-refractivity contribution in [3.05, 3.63) is 29.8 Å². The van der Waals surface area contributed by atoms with E-state index in [0.717, 1.165) is 30.1 Å². The topological polar surface area (TPSA) is 26.3 Å². The summed E-state index contributed by atoms with van der Waals surface area (Å²) in [5.41, 5.74) is 1.19. The van der Waals surface area contributed by atoms with Gasteiger partial charge in [-0.2, -0.15) is 0 Å². The zero-order chi connectivity index (χ0) is 14.8. The van der Waals surface area contributed by atoms with Crippen LogP contribution in [0.1, 0.15) is 56.8 Å². The van der Waals surface area contributed by atoms with Crippen molar-refractivity contribution in [3.63, 3.8) is 0 Å². The van der Waals surface area contributed by atoms with E-state index in [-0.39, 0.29) is 5.92 Å². The Morgan fingerprint density at radius 3 is 2.05 bits per heavy atom. The lowest BCUT2D eigenvalue weighted by atomic mass is 9.69. The van der Waals surface area contributed by atoms with Crippen molar-refractivity contribution in [3.8, 4) is 5.75 Å². The molecule has 1 aromatic carbocycles. The zero-order valence-corrected chi connectivity index (χ0v) is 13.1. The normalized spacial score (nSPS) is 23.4. The first-order valence-corrected chi connectivity index (χ1v) is 7.60. The van der Waals surface area contributed by atoms with Crippen LogP contribution >= 0.6 is 0 Å². The van der Waals surface area contributed by atoms with Gasteiger partial charge in [-0.1, -0.05) is 20.8 Å². The third-order valence-corrected chi connectivity index (χ3v) is 4.70. The van der Waals surface area contributed by atoms with Crippen LogP contribution in [0, 0.1) is 17.3 Å². The maximum absolute atomic E-state index is 12.5. The Hall–Kier alpha value is -1.31. The number of hydrogen-bond donors (Lipinski definition) is 0. The summed E-state index contributed by atoms with van der Waals surface area (Å²) in [5, 5.41) is 0. The van der Waals surface area contributed by atoms with Crippen LogP contribution in [-0.4, -0.2) is 12.9 Å². The summed E-state index contributed by atoms with van der Waals surface area (Å²) in [5.74, 6) is 2.07. The summed E-state index contributed by atoms with van der Waals surface area (Å²) in [6, 6.07) is 7.51. The summed E-state index contributed by atoms with van der Waals surface area (Å²) in [6.07, 6.45) is 4.42. The summed E-state index contributed by atoms with van der Waals surface area (Å²) < 4.78 is 5.13. The molecule has 0 atom stereocenters. The predicted octanol–water partition coefficient (Wildman–Crippen LogP) is 4.73. The lowest BCUT2D eigenvalue weighted by molar-refractivity contribution is 0.0819. The van der Waals surface area contributed by atoms with Gasteiger partial charge in [0.05, 0.1) is 7.11 Å². The highest BCUT2D eigenvalue weighted by Crippen LogP contribution is 2.40. The van der Waals surface area contributed by atoms with Crippen molar-refractivity contribution in [1.29, 1.82) is 0 Å². The summed E-state index contributed by atoms with van der Waals surface area (Å²) in [4.78, 5) is 12.5. The molecule has 1 aromatic rings. The van der Waals surface area contributed by atoms with E-state index in [0.29, 0.717) is 11.2 Å². The average molecular weight is 274 g/mol. The molecule has 1 saturated carbocycles. The number of benzene rings is 1. The van der Waals surface area contributed by atoms with E-state index < -0.39 is 0 Å². The summed E-state index contributed by atoms with van der Waals surface area (Å²) >= 11 is 0. The van der Waals surface area contributed by atoms with E-state index in [1.165, 1.54) is 12.8 Å². The minimum Gasteiger partial charge on any atom is -0.497 e. The molecule has 2 heteroatoms. The SMILES string of the molecule is COc1ccc(C(=O)C2CCC(C(C)(C)C)CC2)cc1. The van der Waals surface area contributed by atoms with Crippen molar-refractivity contribution in [2.75, 3.05) is 7.11 Å². The van der Waals surface area contributed by atoms with Crippen molar-refractivity contribution in [2.45, 2.75) is 46.5 Å². The number of rotatable bonds is 3. The van der Waals surface area contributed by atoms with Crippen molar-refractivity contribution >= 4 is 5.78 Å². The Bertz CT molecular complexity index is 445. The van der Waals surface area contributed by atoms with Gasteiger partial charge in [-0.05, 0) is 61.3 Å². The third kappa shape index (κ3) is 3.41. The molecule has 0 N–H and O–H groups in total. The number of hydrogen-bond acceptors (Lipinski definition) is 2. The van der Waals surface area contributed by atoms with Gasteiger partial charge in [-0.15, -0.1) is 0 Å². The smallest absolute Gasteiger partial charge is 0.165 e. The van der Waals surface area contributed by atoms with Crippen LogP contribution in [0.5, 0.6) is 5.75 Å². The Labute approximate surface area is 122 Å². The van der Waals surface area contributed by atoms with E-state index in [2.05, 4.69) is 20.8 Å². The van der Waals surface area contributed by atoms with Gasteiger partial charge in [-0.25, -0.2) is 0 Å². The fourth-order valence-electron chi connectivity index (χ4n) is 3.21. The van der Waals surface area contributed by atoms with Crippen molar-refractivity contribution in [1.82, 2.24) is 0 Å². The van der Waals surface area contributed by atoms with Gasteiger partial charge < -0.3 is 4.74 Å². The molecular weight excluding hydrogens is 248 g/mol. The molecule has 0 aliphatic heterocycles. The molecule has 110 valence electrons. The molecule has 0 unspecified atom stereocenters. The summed E-state index contributed by atoms with van der Waals surface area (Å²) in [7, 11) is 1.64. The molecule has 0 radical (unpaired) electrons. The molecule has 1 aliphatic carbocycles. The second kappa shape index (κ2) is 5.99. The average Bonchev–Trinajstić information content (AvgIpc) is 2.46. The zero-order valence-electron chi connectivity index (χ0n) is 13.1. The number of ether oxygens (including phenoxy) is 1. The Morgan fingerprint density at radius 1 is 1.05 bits per heavy atom. The highest BCUT2D eigenvalue weighted by molar-refractivity contribution is 5.98. The number of Topliss-reactive ketones (excluding diaryl/α,β-unsaturated/α-hetero) is 1. The monoisotopic (exact) mass is 274 g/mol. The van der Waals surface area contributed by atoms with Gasteiger partial charge >= 0.3 is 0 Å². The van der Waals surface area contributed by atoms with E-state index in [4.69, 9.17) is 4.74 Å². The molecule has 0 amide bonds. The van der Waals surface area contributed by atoms with Gasteiger partial charge in [0.1, 0.15) is 5.75 Å². The van der Waals surface area contributed by atoms with Crippen LogP contribution in [0.4, 0.5) is 0 Å². The van der Waals surface area contributed by atoms with Gasteiger partial charge in [0.2, 0.25) is 0 Å². The lowest BCUT2D eigenvalue weighted by Crippen LogP contribution is -2.28. The van der Waals surface area contributed by atoms with E-state index in [1.807, 2.05) is 24.3 Å². The molecule has 0 aromatic heterocycles.